The molecular weight excluding hydrogens is 291 g/mol. The maximum absolute atomic E-state index is 13.7. The molecule has 1 rings (SSSR count). The molecule has 0 spiro atoms. The summed E-state index contributed by atoms with van der Waals surface area (Å²) in [5.74, 6) is -2.09. The SMILES string of the molecule is COC(=O)[C@H](C)NC(=O)[C@@H](Cc1ccccc1F)NC(C)=O. The van der Waals surface area contributed by atoms with Crippen LogP contribution in [0.3, 0.4) is 0 Å². The van der Waals surface area contributed by atoms with Crippen molar-refractivity contribution in [2.45, 2.75) is 32.4 Å². The van der Waals surface area contributed by atoms with Crippen molar-refractivity contribution in [2.75, 3.05) is 7.11 Å². The first-order chi connectivity index (χ1) is 10.3. The van der Waals surface area contributed by atoms with Gasteiger partial charge in [-0.3, -0.25) is 9.59 Å². The minimum absolute atomic E-state index is 0.0218. The number of carbonyl (C=O) groups is 3. The van der Waals surface area contributed by atoms with E-state index in [4.69, 9.17) is 0 Å². The van der Waals surface area contributed by atoms with Gasteiger partial charge in [0.05, 0.1) is 7.11 Å². The van der Waals surface area contributed by atoms with E-state index < -0.39 is 35.7 Å². The average molecular weight is 310 g/mol. The largest absolute Gasteiger partial charge is 0.467 e. The first kappa shape index (κ1) is 17.6. The van der Waals surface area contributed by atoms with Gasteiger partial charge in [0.15, 0.2) is 0 Å². The van der Waals surface area contributed by atoms with Crippen LogP contribution >= 0.6 is 0 Å². The summed E-state index contributed by atoms with van der Waals surface area (Å²) >= 11 is 0. The molecule has 0 saturated heterocycles. The molecule has 120 valence electrons. The van der Waals surface area contributed by atoms with Gasteiger partial charge in [-0.2, -0.15) is 0 Å². The highest BCUT2D eigenvalue weighted by Crippen LogP contribution is 2.09. The molecule has 0 aliphatic rings. The molecule has 0 fully saturated rings. The zero-order valence-electron chi connectivity index (χ0n) is 12.7. The number of halogens is 1. The van der Waals surface area contributed by atoms with Crippen LogP contribution in [0.15, 0.2) is 24.3 Å². The van der Waals surface area contributed by atoms with Gasteiger partial charge < -0.3 is 15.4 Å². The van der Waals surface area contributed by atoms with E-state index in [-0.39, 0.29) is 6.42 Å². The molecule has 1 aromatic carbocycles. The molecular formula is C15H19FN2O4. The predicted molar refractivity (Wildman–Crippen MR) is 77.3 cm³/mol. The van der Waals surface area contributed by atoms with Crippen molar-refractivity contribution in [3.05, 3.63) is 35.6 Å². The Labute approximate surface area is 128 Å². The van der Waals surface area contributed by atoms with Crippen molar-refractivity contribution in [3.63, 3.8) is 0 Å². The molecule has 0 heterocycles. The van der Waals surface area contributed by atoms with Crippen molar-refractivity contribution in [1.29, 1.82) is 0 Å². The fraction of sp³-hybridized carbons (Fsp3) is 0.400. The first-order valence-corrected chi connectivity index (χ1v) is 6.73. The van der Waals surface area contributed by atoms with Crippen LogP contribution in [0.25, 0.3) is 0 Å². The number of nitrogens with one attached hydrogen (secondary N) is 2. The van der Waals surface area contributed by atoms with Crippen LogP contribution in [0, 0.1) is 5.82 Å². The molecule has 2 amide bonds. The third-order valence-electron chi connectivity index (χ3n) is 2.99. The molecule has 2 atom stereocenters. The quantitative estimate of drug-likeness (QED) is 0.752. The Morgan fingerprint density at radius 1 is 1.23 bits per heavy atom. The number of ether oxygens (including phenoxy) is 1. The molecule has 0 unspecified atom stereocenters. The normalized spacial score (nSPS) is 12.9. The lowest BCUT2D eigenvalue weighted by Crippen LogP contribution is -2.51. The van der Waals surface area contributed by atoms with Gasteiger partial charge in [0, 0.05) is 13.3 Å². The zero-order chi connectivity index (χ0) is 16.7. The number of esters is 1. The number of amides is 2. The number of carbonyl (C=O) groups excluding carboxylic acids is 3. The van der Waals surface area contributed by atoms with Crippen LogP contribution in [0.4, 0.5) is 4.39 Å². The monoisotopic (exact) mass is 310 g/mol. The van der Waals surface area contributed by atoms with E-state index >= 15 is 0 Å². The molecule has 0 aromatic heterocycles. The molecule has 2 N–H and O–H groups in total. The van der Waals surface area contributed by atoms with Crippen molar-refractivity contribution < 1.29 is 23.5 Å². The maximum atomic E-state index is 13.7. The zero-order valence-corrected chi connectivity index (χ0v) is 12.7. The Balaban J connectivity index is 2.84. The van der Waals surface area contributed by atoms with Gasteiger partial charge in [0.2, 0.25) is 11.8 Å². The van der Waals surface area contributed by atoms with Crippen LogP contribution in [0.5, 0.6) is 0 Å². The Kier molecular flexibility index (Phi) is 6.49. The summed E-state index contributed by atoms with van der Waals surface area (Å²) in [6.07, 6.45) is -0.0218. The Morgan fingerprint density at radius 3 is 2.41 bits per heavy atom. The molecule has 6 nitrogen and oxygen atoms in total. The van der Waals surface area contributed by atoms with E-state index in [2.05, 4.69) is 15.4 Å². The topological polar surface area (TPSA) is 84.5 Å². The standard InChI is InChI=1S/C15H19FN2O4/c1-9(15(21)22-3)17-14(20)13(18-10(2)19)8-11-6-4-5-7-12(11)16/h4-7,9,13H,8H2,1-3H3,(H,17,20)(H,18,19)/t9-,13+/m0/s1. The van der Waals surface area contributed by atoms with Crippen molar-refractivity contribution >= 4 is 17.8 Å². The van der Waals surface area contributed by atoms with Crippen molar-refractivity contribution in [3.8, 4) is 0 Å². The summed E-state index contributed by atoms with van der Waals surface area (Å²) in [5.41, 5.74) is 0.294. The lowest BCUT2D eigenvalue weighted by atomic mass is 10.0. The van der Waals surface area contributed by atoms with Crippen LogP contribution in [-0.2, 0) is 25.5 Å². The molecule has 22 heavy (non-hydrogen) atoms. The number of benzene rings is 1. The number of rotatable bonds is 6. The highest BCUT2D eigenvalue weighted by Gasteiger charge is 2.25. The van der Waals surface area contributed by atoms with Gasteiger partial charge in [0.1, 0.15) is 17.9 Å². The fourth-order valence-corrected chi connectivity index (χ4v) is 1.89. The van der Waals surface area contributed by atoms with Crippen LogP contribution < -0.4 is 10.6 Å². The molecule has 0 bridgehead atoms. The summed E-state index contributed by atoms with van der Waals surface area (Å²) < 4.78 is 18.2. The summed E-state index contributed by atoms with van der Waals surface area (Å²) in [5, 5.41) is 4.87. The molecule has 0 aliphatic heterocycles. The van der Waals surface area contributed by atoms with Gasteiger partial charge >= 0.3 is 5.97 Å². The van der Waals surface area contributed by atoms with E-state index in [1.54, 1.807) is 6.07 Å². The van der Waals surface area contributed by atoms with E-state index in [0.29, 0.717) is 5.56 Å². The highest BCUT2D eigenvalue weighted by atomic mass is 19.1. The Hall–Kier alpha value is -2.44. The summed E-state index contributed by atoms with van der Waals surface area (Å²) in [7, 11) is 1.20. The molecule has 1 aromatic rings. The lowest BCUT2D eigenvalue weighted by molar-refractivity contribution is -0.144. The van der Waals surface area contributed by atoms with E-state index in [1.165, 1.54) is 39.2 Å². The van der Waals surface area contributed by atoms with Gasteiger partial charge in [-0.25, -0.2) is 9.18 Å². The second kappa shape index (κ2) is 8.11. The third kappa shape index (κ3) is 5.16. The van der Waals surface area contributed by atoms with Gasteiger partial charge in [0.25, 0.3) is 0 Å². The smallest absolute Gasteiger partial charge is 0.328 e. The Bertz CT molecular complexity index is 562. The first-order valence-electron chi connectivity index (χ1n) is 6.73. The number of hydrogen-bond acceptors (Lipinski definition) is 4. The fourth-order valence-electron chi connectivity index (χ4n) is 1.89. The molecule has 0 aliphatic carbocycles. The third-order valence-corrected chi connectivity index (χ3v) is 2.99. The molecule has 0 saturated carbocycles. The van der Waals surface area contributed by atoms with E-state index in [9.17, 15) is 18.8 Å². The average Bonchev–Trinajstić information content (AvgIpc) is 2.47. The minimum atomic E-state index is -0.985. The summed E-state index contributed by atoms with van der Waals surface area (Å²) in [6.45, 7) is 2.71. The summed E-state index contributed by atoms with van der Waals surface area (Å²) in [6, 6.07) is 4.12. The van der Waals surface area contributed by atoms with Gasteiger partial charge in [-0.1, -0.05) is 18.2 Å². The lowest BCUT2D eigenvalue weighted by Gasteiger charge is -2.20. The van der Waals surface area contributed by atoms with Crippen LogP contribution in [0.1, 0.15) is 19.4 Å². The van der Waals surface area contributed by atoms with E-state index in [1.807, 2.05) is 0 Å². The van der Waals surface area contributed by atoms with Crippen molar-refractivity contribution in [1.82, 2.24) is 10.6 Å². The van der Waals surface area contributed by atoms with Crippen molar-refractivity contribution in [2.24, 2.45) is 0 Å². The second-order valence-corrected chi connectivity index (χ2v) is 4.80. The molecule has 0 radical (unpaired) electrons. The van der Waals surface area contributed by atoms with Gasteiger partial charge in [-0.15, -0.1) is 0 Å². The van der Waals surface area contributed by atoms with Crippen LogP contribution in [-0.4, -0.2) is 37.0 Å². The van der Waals surface area contributed by atoms with Crippen LogP contribution in [0.2, 0.25) is 0 Å². The maximum Gasteiger partial charge on any atom is 0.328 e. The predicted octanol–water partition coefficient (Wildman–Crippen LogP) is 0.551. The Morgan fingerprint density at radius 2 is 1.86 bits per heavy atom. The number of methoxy groups -OCH3 is 1. The summed E-state index contributed by atoms with van der Waals surface area (Å²) in [4.78, 5) is 34.7. The highest BCUT2D eigenvalue weighted by molar-refractivity contribution is 5.90. The second-order valence-electron chi connectivity index (χ2n) is 4.80. The minimum Gasteiger partial charge on any atom is -0.467 e. The van der Waals surface area contributed by atoms with Gasteiger partial charge in [-0.05, 0) is 18.6 Å². The molecule has 7 heteroatoms. The number of hydrogen-bond donors (Lipinski definition) is 2. The van der Waals surface area contributed by atoms with E-state index in [0.717, 1.165) is 0 Å².